The molecule has 0 aliphatic heterocycles. The van der Waals surface area contributed by atoms with Gasteiger partial charge in [-0.05, 0) is 49.4 Å². The highest BCUT2D eigenvalue weighted by Gasteiger charge is 2.30. The van der Waals surface area contributed by atoms with Gasteiger partial charge in [-0.3, -0.25) is 37.3 Å². The number of hydrogen-bond donors (Lipinski definition) is 3. The van der Waals surface area contributed by atoms with E-state index in [1.54, 1.807) is 0 Å². The Morgan fingerprint density at radius 3 is 0.763 bits per heavy atom. The van der Waals surface area contributed by atoms with Crippen molar-refractivity contribution < 1.29 is 80.2 Å². The molecule has 0 fully saturated rings. The van der Waals surface area contributed by atoms with Crippen molar-refractivity contribution in [1.82, 2.24) is 0 Å². The standard InChI is InChI=1S/C74H144O17P2/c1-9-65(6)51-43-35-26-20-16-14-12-13-15-17-22-29-38-46-54-71(76)84-60-69(90-73(78)56-48-40-30-23-19-18-21-27-36-44-52-66(7)10-2)62-88-92(80,81)86-58-68(75)59-87-93(82,83)89-63-70(61-85-72(77)55-47-39-33-32-34-42-50-64(4)5)91-74(79)57-49-41-31-25-24-28-37-45-53-67(8)11-3/h64-70,75H,9-63H2,1-8H3,(H,80,81)(H,82,83)/t65?,66?,67?,68-,69-,70-/m1/s1. The first-order valence-electron chi connectivity index (χ1n) is 38.3. The molecule has 0 amide bonds. The van der Waals surface area contributed by atoms with Gasteiger partial charge in [-0.1, -0.05) is 319 Å². The lowest BCUT2D eigenvalue weighted by Gasteiger charge is -2.21. The fourth-order valence-electron chi connectivity index (χ4n) is 11.1. The molecule has 5 unspecified atom stereocenters. The summed E-state index contributed by atoms with van der Waals surface area (Å²) < 4.78 is 68.4. The molecule has 0 aliphatic carbocycles. The molecule has 0 saturated carbocycles. The Bertz CT molecular complexity index is 1840. The molecule has 0 aromatic carbocycles. The topological polar surface area (TPSA) is 237 Å². The van der Waals surface area contributed by atoms with Crippen LogP contribution in [0.4, 0.5) is 0 Å². The SMILES string of the molecule is CCC(C)CCCCCCCCCCCCCCCCC(=O)OC[C@H](COP(=O)(O)OC[C@@H](O)COP(=O)(O)OC[C@@H](COC(=O)CCCCCCCCC(C)C)OC(=O)CCCCCCCCCCC(C)CC)OC(=O)CCCCCCCCCCCCC(C)CC. The fourth-order valence-corrected chi connectivity index (χ4v) is 12.7. The largest absolute Gasteiger partial charge is 0.472 e. The third kappa shape index (κ3) is 64.5. The molecule has 552 valence electrons. The molecule has 0 radical (unpaired) electrons. The molecule has 93 heavy (non-hydrogen) atoms. The smallest absolute Gasteiger partial charge is 0.462 e. The number of rotatable bonds is 71. The van der Waals surface area contributed by atoms with Crippen LogP contribution >= 0.6 is 15.6 Å². The predicted octanol–water partition coefficient (Wildman–Crippen LogP) is 21.3. The van der Waals surface area contributed by atoms with Gasteiger partial charge in [0, 0.05) is 25.7 Å². The van der Waals surface area contributed by atoms with E-state index in [-0.39, 0.29) is 25.7 Å². The molecule has 8 atom stereocenters. The summed E-state index contributed by atoms with van der Waals surface area (Å²) in [6, 6.07) is 0. The van der Waals surface area contributed by atoms with Crippen molar-refractivity contribution in [2.45, 2.75) is 388 Å². The van der Waals surface area contributed by atoms with Crippen LogP contribution in [0.15, 0.2) is 0 Å². The van der Waals surface area contributed by atoms with Gasteiger partial charge in [0.15, 0.2) is 12.2 Å². The Morgan fingerprint density at radius 1 is 0.301 bits per heavy atom. The Balaban J connectivity index is 5.24. The second-order valence-corrected chi connectivity index (χ2v) is 30.8. The highest BCUT2D eigenvalue weighted by molar-refractivity contribution is 7.47. The summed E-state index contributed by atoms with van der Waals surface area (Å²) in [4.78, 5) is 72.7. The first-order chi connectivity index (χ1) is 44.7. The number of ether oxygens (including phenoxy) is 4. The number of phosphoric acid groups is 2. The van der Waals surface area contributed by atoms with Crippen molar-refractivity contribution >= 4 is 39.5 Å². The molecule has 0 aliphatic rings. The summed E-state index contributed by atoms with van der Waals surface area (Å²) in [6.45, 7) is 14.2. The van der Waals surface area contributed by atoms with Crippen molar-refractivity contribution in [2.24, 2.45) is 23.7 Å². The van der Waals surface area contributed by atoms with E-state index >= 15 is 0 Å². The van der Waals surface area contributed by atoms with Gasteiger partial charge >= 0.3 is 39.5 Å². The number of hydrogen-bond acceptors (Lipinski definition) is 15. The number of unbranched alkanes of at least 4 members (excludes halogenated alkanes) is 34. The third-order valence-corrected chi connectivity index (χ3v) is 20.1. The number of carbonyl (C=O) groups excluding carboxylic acids is 4. The lowest BCUT2D eigenvalue weighted by molar-refractivity contribution is -0.161. The minimum absolute atomic E-state index is 0.103. The van der Waals surface area contributed by atoms with Gasteiger partial charge in [-0.15, -0.1) is 0 Å². The van der Waals surface area contributed by atoms with Crippen molar-refractivity contribution in [3.05, 3.63) is 0 Å². The second-order valence-electron chi connectivity index (χ2n) is 27.9. The van der Waals surface area contributed by atoms with E-state index in [0.717, 1.165) is 114 Å². The summed E-state index contributed by atoms with van der Waals surface area (Å²) in [5.74, 6) is 0.975. The number of aliphatic hydroxyl groups is 1. The molecule has 0 spiro atoms. The van der Waals surface area contributed by atoms with Gasteiger partial charge in [0.25, 0.3) is 0 Å². The summed E-state index contributed by atoms with van der Waals surface area (Å²) in [7, 11) is -9.91. The van der Waals surface area contributed by atoms with Crippen molar-refractivity contribution in [3.8, 4) is 0 Å². The Hall–Kier alpha value is -1.94. The first kappa shape index (κ1) is 91.1. The van der Waals surface area contributed by atoms with Gasteiger partial charge in [-0.2, -0.15) is 0 Å². The number of carbonyl (C=O) groups is 4. The molecule has 0 heterocycles. The summed E-state index contributed by atoms with van der Waals surface area (Å²) in [5.41, 5.74) is 0. The normalized spacial score (nSPS) is 15.1. The highest BCUT2D eigenvalue weighted by atomic mass is 31.2. The van der Waals surface area contributed by atoms with E-state index in [2.05, 4.69) is 55.4 Å². The molecular formula is C74H144O17P2. The average molecular weight is 1370 g/mol. The lowest BCUT2D eigenvalue weighted by Crippen LogP contribution is -2.30. The molecule has 19 heteroatoms. The van der Waals surface area contributed by atoms with Gasteiger partial charge in [-0.25, -0.2) is 9.13 Å². The molecule has 17 nitrogen and oxygen atoms in total. The fraction of sp³-hybridized carbons (Fsp3) is 0.946. The van der Waals surface area contributed by atoms with Crippen LogP contribution in [0.2, 0.25) is 0 Å². The number of aliphatic hydroxyl groups excluding tert-OH is 1. The van der Waals surface area contributed by atoms with Crippen LogP contribution in [0.1, 0.15) is 370 Å². The third-order valence-electron chi connectivity index (χ3n) is 18.2. The van der Waals surface area contributed by atoms with Gasteiger partial charge in [0.05, 0.1) is 26.4 Å². The Morgan fingerprint density at radius 2 is 0.516 bits per heavy atom. The highest BCUT2D eigenvalue weighted by Crippen LogP contribution is 2.45. The minimum atomic E-state index is -4.96. The molecule has 0 saturated heterocycles. The molecule has 0 bridgehead atoms. The maximum atomic E-state index is 13.1. The first-order valence-corrected chi connectivity index (χ1v) is 41.3. The molecule has 3 N–H and O–H groups in total. The molecular weight excluding hydrogens is 1220 g/mol. The van der Waals surface area contributed by atoms with Crippen LogP contribution in [-0.2, 0) is 65.4 Å². The van der Waals surface area contributed by atoms with Crippen LogP contribution in [0.3, 0.4) is 0 Å². The second kappa shape index (κ2) is 63.5. The van der Waals surface area contributed by atoms with Gasteiger partial charge in [0.2, 0.25) is 0 Å². The van der Waals surface area contributed by atoms with Crippen LogP contribution in [-0.4, -0.2) is 96.7 Å². The van der Waals surface area contributed by atoms with Crippen molar-refractivity contribution in [3.63, 3.8) is 0 Å². The van der Waals surface area contributed by atoms with E-state index in [4.69, 9.17) is 37.0 Å². The van der Waals surface area contributed by atoms with Gasteiger partial charge < -0.3 is 33.8 Å². The summed E-state index contributed by atoms with van der Waals surface area (Å²) >= 11 is 0. The number of phosphoric ester groups is 2. The monoisotopic (exact) mass is 1370 g/mol. The van der Waals surface area contributed by atoms with Crippen LogP contribution in [0, 0.1) is 23.7 Å². The maximum absolute atomic E-state index is 13.1. The van der Waals surface area contributed by atoms with E-state index in [9.17, 15) is 43.2 Å². The Labute approximate surface area is 568 Å². The summed E-state index contributed by atoms with van der Waals surface area (Å²) in [5, 5.41) is 10.6. The maximum Gasteiger partial charge on any atom is 0.472 e. The Kier molecular flexibility index (Phi) is 62.2. The predicted molar refractivity (Wildman–Crippen MR) is 377 cm³/mol. The molecule has 0 aromatic rings. The summed E-state index contributed by atoms with van der Waals surface area (Å²) in [6.07, 6.45) is 47.2. The minimum Gasteiger partial charge on any atom is -0.462 e. The molecule has 0 aromatic heterocycles. The lowest BCUT2D eigenvalue weighted by atomic mass is 9.99. The van der Waals surface area contributed by atoms with Crippen molar-refractivity contribution in [1.29, 1.82) is 0 Å². The van der Waals surface area contributed by atoms with Gasteiger partial charge in [0.1, 0.15) is 19.3 Å². The zero-order valence-corrected chi connectivity index (χ0v) is 62.7. The van der Waals surface area contributed by atoms with Crippen LogP contribution in [0.5, 0.6) is 0 Å². The van der Waals surface area contributed by atoms with Crippen LogP contribution < -0.4 is 0 Å². The zero-order chi connectivity index (χ0) is 68.9. The molecule has 0 rings (SSSR count). The van der Waals surface area contributed by atoms with E-state index in [0.29, 0.717) is 31.6 Å². The average Bonchev–Trinajstić information content (AvgIpc) is 2.82. The quantitative estimate of drug-likeness (QED) is 0.0222. The van der Waals surface area contributed by atoms with E-state index in [1.165, 1.54) is 167 Å². The zero-order valence-electron chi connectivity index (χ0n) is 60.9. The van der Waals surface area contributed by atoms with Crippen LogP contribution in [0.25, 0.3) is 0 Å². The number of esters is 4. The van der Waals surface area contributed by atoms with E-state index in [1.807, 2.05) is 0 Å². The van der Waals surface area contributed by atoms with Crippen molar-refractivity contribution in [2.75, 3.05) is 39.6 Å². The van der Waals surface area contributed by atoms with E-state index < -0.39 is 97.5 Å².